The lowest BCUT2D eigenvalue weighted by Gasteiger charge is -2.32. The molecule has 2 fully saturated rings. The second-order valence-electron chi connectivity index (χ2n) is 8.08. The summed E-state index contributed by atoms with van der Waals surface area (Å²) < 4.78 is 52.7. The van der Waals surface area contributed by atoms with Gasteiger partial charge in [0.05, 0.1) is 10.6 Å². The highest BCUT2D eigenvalue weighted by atomic mass is 32.2. The maximum atomic E-state index is 12.9. The minimum Gasteiger partial charge on any atom is -0.335 e. The van der Waals surface area contributed by atoms with Gasteiger partial charge in [-0.15, -0.1) is 0 Å². The summed E-state index contributed by atoms with van der Waals surface area (Å²) in [6.07, 6.45) is 1.71. The molecular formula is C20H32N4O5S2. The van der Waals surface area contributed by atoms with E-state index in [9.17, 15) is 21.6 Å². The van der Waals surface area contributed by atoms with Crippen molar-refractivity contribution in [2.24, 2.45) is 0 Å². The second kappa shape index (κ2) is 9.85. The maximum Gasteiger partial charge on any atom is 0.317 e. The number of aryl methyl sites for hydroxylation is 1. The van der Waals surface area contributed by atoms with Gasteiger partial charge in [0.15, 0.2) is 0 Å². The van der Waals surface area contributed by atoms with Crippen LogP contribution in [0.25, 0.3) is 0 Å². The number of hydrogen-bond donors (Lipinski definition) is 1. The first kappa shape index (κ1) is 24.0. The van der Waals surface area contributed by atoms with Crippen molar-refractivity contribution in [3.05, 3.63) is 29.8 Å². The summed E-state index contributed by atoms with van der Waals surface area (Å²) in [4.78, 5) is 14.7. The first-order valence-electron chi connectivity index (χ1n) is 10.7. The normalized spacial score (nSPS) is 20.4. The summed E-state index contributed by atoms with van der Waals surface area (Å²) in [7, 11) is -6.78. The number of nitrogens with zero attached hydrogens (tertiary/aromatic N) is 3. The zero-order chi connectivity index (χ0) is 22.6. The fraction of sp³-hybridized carbons (Fsp3) is 0.650. The molecule has 2 aliphatic heterocycles. The summed E-state index contributed by atoms with van der Waals surface area (Å²) in [5.41, 5.74) is 0.996. The molecule has 174 valence electrons. The van der Waals surface area contributed by atoms with Crippen molar-refractivity contribution in [3.63, 3.8) is 0 Å². The van der Waals surface area contributed by atoms with Crippen molar-refractivity contribution in [2.75, 3.05) is 45.0 Å². The first-order valence-corrected chi connectivity index (χ1v) is 13.8. The SMILES string of the molecule is CCS(=O)(=O)N1CCC(NC(=O)N2CCCN(S(=O)(=O)c3ccc(C)cc3)CC2)CC1. The average Bonchev–Trinajstić information content (AvgIpc) is 3.01. The van der Waals surface area contributed by atoms with Crippen LogP contribution in [0.5, 0.6) is 0 Å². The fourth-order valence-corrected chi connectivity index (χ4v) is 6.53. The van der Waals surface area contributed by atoms with Crippen molar-refractivity contribution in [2.45, 2.75) is 44.0 Å². The molecule has 9 nitrogen and oxygen atoms in total. The molecule has 2 aliphatic rings. The van der Waals surface area contributed by atoms with E-state index < -0.39 is 20.0 Å². The molecule has 0 saturated carbocycles. The monoisotopic (exact) mass is 472 g/mol. The van der Waals surface area contributed by atoms with Crippen molar-refractivity contribution >= 4 is 26.1 Å². The lowest BCUT2D eigenvalue weighted by Crippen LogP contribution is -2.51. The number of hydrogen-bond acceptors (Lipinski definition) is 5. The van der Waals surface area contributed by atoms with Crippen LogP contribution in [0.15, 0.2) is 29.2 Å². The number of nitrogens with one attached hydrogen (secondary N) is 1. The molecule has 2 heterocycles. The van der Waals surface area contributed by atoms with Crippen LogP contribution in [-0.4, -0.2) is 87.4 Å². The van der Waals surface area contributed by atoms with E-state index in [4.69, 9.17) is 0 Å². The molecule has 2 saturated heterocycles. The summed E-state index contributed by atoms with van der Waals surface area (Å²) in [6.45, 7) is 5.77. The second-order valence-corrected chi connectivity index (χ2v) is 12.3. The van der Waals surface area contributed by atoms with E-state index >= 15 is 0 Å². The van der Waals surface area contributed by atoms with Crippen LogP contribution in [0.3, 0.4) is 0 Å². The minimum absolute atomic E-state index is 0.0774. The Kier molecular flexibility index (Phi) is 7.61. The van der Waals surface area contributed by atoms with Crippen LogP contribution in [0.4, 0.5) is 4.79 Å². The maximum absolute atomic E-state index is 12.9. The Labute approximate surface area is 185 Å². The van der Waals surface area contributed by atoms with Gasteiger partial charge in [-0.3, -0.25) is 0 Å². The Morgan fingerprint density at radius 1 is 0.935 bits per heavy atom. The van der Waals surface area contributed by atoms with Crippen molar-refractivity contribution < 1.29 is 21.6 Å². The van der Waals surface area contributed by atoms with Gasteiger partial charge in [-0.2, -0.15) is 4.31 Å². The van der Waals surface area contributed by atoms with Gasteiger partial charge in [-0.05, 0) is 45.2 Å². The molecule has 2 amide bonds. The van der Waals surface area contributed by atoms with Crippen molar-refractivity contribution in [1.29, 1.82) is 0 Å². The zero-order valence-electron chi connectivity index (χ0n) is 18.2. The number of carbonyl (C=O) groups is 1. The number of urea groups is 1. The van der Waals surface area contributed by atoms with E-state index in [0.717, 1.165) is 5.56 Å². The summed E-state index contributed by atoms with van der Waals surface area (Å²) >= 11 is 0. The molecule has 1 aromatic carbocycles. The lowest BCUT2D eigenvalue weighted by molar-refractivity contribution is 0.189. The molecule has 1 N–H and O–H groups in total. The van der Waals surface area contributed by atoms with E-state index in [0.29, 0.717) is 52.0 Å². The van der Waals surface area contributed by atoms with E-state index in [-0.39, 0.29) is 29.3 Å². The van der Waals surface area contributed by atoms with Crippen LogP contribution in [0.1, 0.15) is 31.7 Å². The number of benzene rings is 1. The molecule has 0 aromatic heterocycles. The lowest BCUT2D eigenvalue weighted by atomic mass is 10.1. The molecule has 11 heteroatoms. The van der Waals surface area contributed by atoms with E-state index in [2.05, 4.69) is 5.32 Å². The molecule has 0 unspecified atom stereocenters. The molecule has 0 bridgehead atoms. The number of amides is 2. The zero-order valence-corrected chi connectivity index (χ0v) is 19.8. The summed E-state index contributed by atoms with van der Waals surface area (Å²) in [6, 6.07) is 6.50. The smallest absolute Gasteiger partial charge is 0.317 e. The predicted octanol–water partition coefficient (Wildman–Crippen LogP) is 1.22. The van der Waals surface area contributed by atoms with E-state index in [1.807, 2.05) is 6.92 Å². The summed E-state index contributed by atoms with van der Waals surface area (Å²) in [5.74, 6) is 0.0831. The van der Waals surface area contributed by atoms with Gasteiger partial charge in [-0.1, -0.05) is 17.7 Å². The highest BCUT2D eigenvalue weighted by Gasteiger charge is 2.31. The third-order valence-electron chi connectivity index (χ3n) is 5.94. The molecule has 1 aromatic rings. The van der Waals surface area contributed by atoms with Crippen molar-refractivity contribution in [3.8, 4) is 0 Å². The standard InChI is InChI=1S/C20H32N4O5S2/c1-3-30(26,27)23-13-9-18(10-14-23)21-20(25)22-11-4-12-24(16-15-22)31(28,29)19-7-5-17(2)6-8-19/h5-8,18H,3-4,9-16H2,1-2H3,(H,21,25). The van der Waals surface area contributed by atoms with Crippen molar-refractivity contribution in [1.82, 2.24) is 18.8 Å². The largest absolute Gasteiger partial charge is 0.335 e. The first-order chi connectivity index (χ1) is 14.6. The molecule has 0 radical (unpaired) electrons. The van der Waals surface area contributed by atoms with Gasteiger partial charge in [0.2, 0.25) is 20.0 Å². The van der Waals surface area contributed by atoms with Crippen LogP contribution in [0, 0.1) is 6.92 Å². The molecule has 31 heavy (non-hydrogen) atoms. The van der Waals surface area contributed by atoms with Gasteiger partial charge < -0.3 is 10.2 Å². The summed E-state index contributed by atoms with van der Waals surface area (Å²) in [5, 5.41) is 3.00. The number of rotatable bonds is 5. The Balaban J connectivity index is 1.54. The third-order valence-corrected chi connectivity index (χ3v) is 9.73. The molecule has 0 atom stereocenters. The van der Waals surface area contributed by atoms with Gasteiger partial charge in [-0.25, -0.2) is 25.9 Å². The van der Waals surface area contributed by atoms with Gasteiger partial charge >= 0.3 is 6.03 Å². The van der Waals surface area contributed by atoms with Gasteiger partial charge in [0.1, 0.15) is 0 Å². The fourth-order valence-electron chi connectivity index (χ4n) is 3.92. The van der Waals surface area contributed by atoms with E-state index in [1.54, 1.807) is 36.1 Å². The number of carbonyl (C=O) groups excluding carboxylic acids is 1. The topological polar surface area (TPSA) is 107 Å². The Bertz CT molecular complexity index is 971. The molecule has 0 spiro atoms. The highest BCUT2D eigenvalue weighted by molar-refractivity contribution is 7.89. The average molecular weight is 473 g/mol. The van der Waals surface area contributed by atoms with Crippen LogP contribution < -0.4 is 5.32 Å². The number of sulfonamides is 2. The van der Waals surface area contributed by atoms with Gasteiger partial charge in [0.25, 0.3) is 0 Å². The van der Waals surface area contributed by atoms with Crippen LogP contribution in [-0.2, 0) is 20.0 Å². The Morgan fingerprint density at radius 3 is 2.19 bits per heavy atom. The predicted molar refractivity (Wildman–Crippen MR) is 119 cm³/mol. The minimum atomic E-state index is -3.59. The third kappa shape index (κ3) is 5.76. The van der Waals surface area contributed by atoms with Crippen LogP contribution in [0.2, 0.25) is 0 Å². The molecule has 0 aliphatic carbocycles. The quantitative estimate of drug-likeness (QED) is 0.693. The van der Waals surface area contributed by atoms with Gasteiger partial charge in [0, 0.05) is 45.3 Å². The van der Waals surface area contributed by atoms with E-state index in [1.165, 1.54) is 8.61 Å². The molecule has 3 rings (SSSR count). The highest BCUT2D eigenvalue weighted by Crippen LogP contribution is 2.19. The van der Waals surface area contributed by atoms with Crippen LogP contribution >= 0.6 is 0 Å². The number of piperidine rings is 1. The Hall–Kier alpha value is -1.69. The Morgan fingerprint density at radius 2 is 1.58 bits per heavy atom. The molecular weight excluding hydrogens is 440 g/mol.